The zero-order valence-electron chi connectivity index (χ0n) is 9.84. The largest absolute Gasteiger partial charge is 0.314 e. The monoisotopic (exact) mass is 196 g/mol. The molecule has 1 N–H and O–H groups in total. The highest BCUT2D eigenvalue weighted by Crippen LogP contribution is 2.39. The molecule has 0 bridgehead atoms. The molecule has 0 aromatic rings. The first-order chi connectivity index (χ1) is 6.63. The van der Waals surface area contributed by atoms with Gasteiger partial charge in [-0.15, -0.1) is 0 Å². The second kappa shape index (κ2) is 3.82. The van der Waals surface area contributed by atoms with Crippen molar-refractivity contribution >= 4 is 0 Å². The summed E-state index contributed by atoms with van der Waals surface area (Å²) in [5, 5.41) is 3.52. The number of nitrogens with one attached hydrogen (secondary N) is 1. The van der Waals surface area contributed by atoms with Gasteiger partial charge in [0.1, 0.15) is 0 Å². The Morgan fingerprint density at radius 1 is 1.36 bits per heavy atom. The molecule has 0 radical (unpaired) electrons. The van der Waals surface area contributed by atoms with Gasteiger partial charge in [-0.3, -0.25) is 4.90 Å². The van der Waals surface area contributed by atoms with Crippen LogP contribution in [0.2, 0.25) is 0 Å². The normalized spacial score (nSPS) is 33.0. The Bertz CT molecular complexity index is 196. The second-order valence-corrected chi connectivity index (χ2v) is 5.56. The lowest BCUT2D eigenvalue weighted by Gasteiger charge is -2.54. The van der Waals surface area contributed by atoms with Gasteiger partial charge in [0.15, 0.2) is 0 Å². The fourth-order valence-corrected chi connectivity index (χ4v) is 2.97. The highest BCUT2D eigenvalue weighted by Gasteiger charge is 2.42. The van der Waals surface area contributed by atoms with Crippen molar-refractivity contribution in [3.8, 4) is 0 Å². The van der Waals surface area contributed by atoms with Crippen LogP contribution in [0, 0.1) is 5.92 Å². The quantitative estimate of drug-likeness (QED) is 0.725. The lowest BCUT2D eigenvalue weighted by atomic mass is 9.75. The molecule has 0 spiro atoms. The van der Waals surface area contributed by atoms with Gasteiger partial charge in [-0.1, -0.05) is 13.8 Å². The molecular weight excluding hydrogens is 172 g/mol. The predicted octanol–water partition coefficient (Wildman–Crippen LogP) is 1.86. The van der Waals surface area contributed by atoms with Crippen molar-refractivity contribution in [2.45, 2.75) is 51.6 Å². The summed E-state index contributed by atoms with van der Waals surface area (Å²) < 4.78 is 0. The average molecular weight is 196 g/mol. The molecule has 1 unspecified atom stereocenters. The third kappa shape index (κ3) is 1.70. The van der Waals surface area contributed by atoms with E-state index in [4.69, 9.17) is 0 Å². The van der Waals surface area contributed by atoms with Crippen molar-refractivity contribution in [3.63, 3.8) is 0 Å². The van der Waals surface area contributed by atoms with Crippen molar-refractivity contribution in [2.75, 3.05) is 19.6 Å². The zero-order valence-corrected chi connectivity index (χ0v) is 9.84. The first-order valence-corrected chi connectivity index (χ1v) is 6.11. The van der Waals surface area contributed by atoms with E-state index in [0.29, 0.717) is 5.54 Å². The summed E-state index contributed by atoms with van der Waals surface area (Å²) in [7, 11) is 0. The topological polar surface area (TPSA) is 15.3 Å². The number of hydrogen-bond donors (Lipinski definition) is 1. The SMILES string of the molecule is CC(C)C1CNCCN1C1(C)CCC1. The molecule has 2 heteroatoms. The fourth-order valence-electron chi connectivity index (χ4n) is 2.97. The number of nitrogens with zero attached hydrogens (tertiary/aromatic N) is 1. The van der Waals surface area contributed by atoms with Crippen molar-refractivity contribution in [2.24, 2.45) is 5.92 Å². The van der Waals surface area contributed by atoms with E-state index in [1.54, 1.807) is 0 Å². The summed E-state index contributed by atoms with van der Waals surface area (Å²) in [4.78, 5) is 2.78. The van der Waals surface area contributed by atoms with Crippen LogP contribution < -0.4 is 5.32 Å². The van der Waals surface area contributed by atoms with Gasteiger partial charge in [-0.25, -0.2) is 0 Å². The van der Waals surface area contributed by atoms with E-state index in [1.807, 2.05) is 0 Å². The minimum atomic E-state index is 0.539. The summed E-state index contributed by atoms with van der Waals surface area (Å²) >= 11 is 0. The Balaban J connectivity index is 2.06. The van der Waals surface area contributed by atoms with Crippen LogP contribution in [0.5, 0.6) is 0 Å². The van der Waals surface area contributed by atoms with Crippen LogP contribution in [-0.4, -0.2) is 36.1 Å². The molecule has 0 aromatic heterocycles. The summed E-state index contributed by atoms with van der Waals surface area (Å²) in [6, 6.07) is 0.758. The molecule has 82 valence electrons. The summed E-state index contributed by atoms with van der Waals surface area (Å²) in [5.74, 6) is 0.778. The average Bonchev–Trinajstić information content (AvgIpc) is 2.14. The van der Waals surface area contributed by atoms with Crippen LogP contribution in [0.4, 0.5) is 0 Å². The molecule has 1 atom stereocenters. The van der Waals surface area contributed by atoms with Crippen LogP contribution in [-0.2, 0) is 0 Å². The van der Waals surface area contributed by atoms with Crippen molar-refractivity contribution < 1.29 is 0 Å². The predicted molar refractivity (Wildman–Crippen MR) is 60.5 cm³/mol. The smallest absolute Gasteiger partial charge is 0.0249 e. The first-order valence-electron chi connectivity index (χ1n) is 6.11. The van der Waals surface area contributed by atoms with Crippen LogP contribution in [0.3, 0.4) is 0 Å². The van der Waals surface area contributed by atoms with Gasteiger partial charge in [0.25, 0.3) is 0 Å². The van der Waals surface area contributed by atoms with Crippen LogP contribution in [0.1, 0.15) is 40.0 Å². The maximum atomic E-state index is 3.52. The molecule has 1 saturated heterocycles. The van der Waals surface area contributed by atoms with Crippen LogP contribution in [0.25, 0.3) is 0 Å². The summed E-state index contributed by atoms with van der Waals surface area (Å²) in [6.07, 6.45) is 4.26. The van der Waals surface area contributed by atoms with E-state index in [-0.39, 0.29) is 0 Å². The number of piperazine rings is 1. The standard InChI is InChI=1S/C12H24N2/c1-10(2)11-9-13-7-8-14(11)12(3)5-4-6-12/h10-11,13H,4-9H2,1-3H3. The Kier molecular flexibility index (Phi) is 2.85. The van der Waals surface area contributed by atoms with E-state index >= 15 is 0 Å². The summed E-state index contributed by atoms with van der Waals surface area (Å²) in [5.41, 5.74) is 0.539. The molecule has 0 aromatic carbocycles. The molecule has 0 amide bonds. The molecule has 2 nitrogen and oxygen atoms in total. The maximum absolute atomic E-state index is 3.52. The first kappa shape index (κ1) is 10.4. The van der Waals surface area contributed by atoms with Gasteiger partial charge in [-0.2, -0.15) is 0 Å². The Labute approximate surface area is 88.1 Å². The van der Waals surface area contributed by atoms with E-state index in [2.05, 4.69) is 31.0 Å². The molecular formula is C12H24N2. The zero-order chi connectivity index (χ0) is 10.2. The van der Waals surface area contributed by atoms with Crippen LogP contribution in [0.15, 0.2) is 0 Å². The maximum Gasteiger partial charge on any atom is 0.0249 e. The molecule has 1 heterocycles. The molecule has 1 saturated carbocycles. The summed E-state index contributed by atoms with van der Waals surface area (Å²) in [6.45, 7) is 10.8. The van der Waals surface area contributed by atoms with Crippen molar-refractivity contribution in [1.29, 1.82) is 0 Å². The van der Waals surface area contributed by atoms with Gasteiger partial charge in [0, 0.05) is 31.2 Å². The molecule has 2 rings (SSSR count). The van der Waals surface area contributed by atoms with Gasteiger partial charge in [-0.05, 0) is 32.1 Å². The van der Waals surface area contributed by atoms with Crippen molar-refractivity contribution in [1.82, 2.24) is 10.2 Å². The molecule has 1 aliphatic carbocycles. The molecule has 2 fully saturated rings. The Morgan fingerprint density at radius 2 is 2.07 bits per heavy atom. The molecule has 2 aliphatic rings. The van der Waals surface area contributed by atoms with E-state index in [9.17, 15) is 0 Å². The highest BCUT2D eigenvalue weighted by atomic mass is 15.3. The minimum absolute atomic E-state index is 0.539. The van der Waals surface area contributed by atoms with E-state index in [1.165, 1.54) is 38.9 Å². The molecule has 1 aliphatic heterocycles. The number of hydrogen-bond acceptors (Lipinski definition) is 2. The number of rotatable bonds is 2. The lowest BCUT2D eigenvalue weighted by molar-refractivity contribution is -0.0306. The van der Waals surface area contributed by atoms with E-state index < -0.39 is 0 Å². The Morgan fingerprint density at radius 3 is 2.57 bits per heavy atom. The highest BCUT2D eigenvalue weighted by molar-refractivity contribution is 4.99. The van der Waals surface area contributed by atoms with Gasteiger partial charge in [0.2, 0.25) is 0 Å². The molecule has 14 heavy (non-hydrogen) atoms. The minimum Gasteiger partial charge on any atom is -0.314 e. The Hall–Kier alpha value is -0.0800. The fraction of sp³-hybridized carbons (Fsp3) is 1.00. The second-order valence-electron chi connectivity index (χ2n) is 5.56. The van der Waals surface area contributed by atoms with Gasteiger partial charge in [0.05, 0.1) is 0 Å². The van der Waals surface area contributed by atoms with Gasteiger partial charge < -0.3 is 5.32 Å². The van der Waals surface area contributed by atoms with Crippen molar-refractivity contribution in [3.05, 3.63) is 0 Å². The third-order valence-electron chi connectivity index (χ3n) is 4.18. The van der Waals surface area contributed by atoms with E-state index in [0.717, 1.165) is 12.0 Å². The third-order valence-corrected chi connectivity index (χ3v) is 4.18. The van der Waals surface area contributed by atoms with Crippen LogP contribution >= 0.6 is 0 Å². The lowest BCUT2D eigenvalue weighted by Crippen LogP contribution is -2.64. The van der Waals surface area contributed by atoms with Gasteiger partial charge >= 0.3 is 0 Å².